The van der Waals surface area contributed by atoms with E-state index in [0.717, 1.165) is 5.56 Å². The highest BCUT2D eigenvalue weighted by molar-refractivity contribution is 7.96. The molecule has 1 aromatic carbocycles. The van der Waals surface area contributed by atoms with Crippen LogP contribution in [-0.4, -0.2) is 20.6 Å². The Bertz CT molecular complexity index is 675. The van der Waals surface area contributed by atoms with E-state index in [9.17, 15) is 9.59 Å². The average Bonchev–Trinajstić information content (AvgIpc) is 2.28. The van der Waals surface area contributed by atoms with Crippen molar-refractivity contribution in [2.45, 2.75) is 6.92 Å². The lowest BCUT2D eigenvalue weighted by atomic mass is 10.2. The number of hydrogen-bond donors (Lipinski definition) is 1. The highest BCUT2D eigenvalue weighted by atomic mass is 32.1. The SMILES string of the molecule is Cc1ccc2nc(OC(=O)[S-])c(OC(=O)S)nc2c1. The summed E-state index contributed by atoms with van der Waals surface area (Å²) in [5, 5.41) is -1.90. The Hall–Kier alpha value is -1.93. The number of thiol groups is 1. The van der Waals surface area contributed by atoms with E-state index >= 15 is 0 Å². The molecule has 0 saturated carbocycles. The largest absolute Gasteiger partial charge is 0.697 e. The lowest BCUT2D eigenvalue weighted by Gasteiger charge is -2.10. The van der Waals surface area contributed by atoms with Crippen LogP contribution in [0.1, 0.15) is 5.56 Å². The second-order valence-electron chi connectivity index (χ2n) is 3.55. The maximum Gasteiger partial charge on any atom is 0.371 e. The first-order valence-electron chi connectivity index (χ1n) is 5.03. The summed E-state index contributed by atoms with van der Waals surface area (Å²) in [5.41, 5.74) is 1.93. The number of nitrogens with zero attached hydrogens (tertiary/aromatic N) is 2. The molecule has 0 N–H and O–H groups in total. The molecular formula is C11H7N2O4S2-. The Morgan fingerprint density at radius 2 is 1.79 bits per heavy atom. The fourth-order valence-corrected chi connectivity index (χ4v) is 1.59. The zero-order valence-electron chi connectivity index (χ0n) is 9.61. The van der Waals surface area contributed by atoms with E-state index in [2.05, 4.69) is 40.0 Å². The van der Waals surface area contributed by atoms with Crippen LogP contribution in [0.25, 0.3) is 11.0 Å². The molecule has 1 heterocycles. The lowest BCUT2D eigenvalue weighted by Crippen LogP contribution is -2.08. The molecule has 8 heteroatoms. The molecule has 0 aliphatic heterocycles. The van der Waals surface area contributed by atoms with Gasteiger partial charge in [-0.3, -0.25) is 4.79 Å². The van der Waals surface area contributed by atoms with Crippen LogP contribution in [-0.2, 0) is 12.6 Å². The second-order valence-corrected chi connectivity index (χ2v) is 4.24. The fourth-order valence-electron chi connectivity index (χ4n) is 1.43. The number of aromatic nitrogens is 2. The predicted octanol–water partition coefficient (Wildman–Crippen LogP) is 2.41. The van der Waals surface area contributed by atoms with Gasteiger partial charge in [-0.2, -0.15) is 0 Å². The summed E-state index contributed by atoms with van der Waals surface area (Å²) in [5.74, 6) is -0.518. The van der Waals surface area contributed by atoms with E-state index < -0.39 is 10.6 Å². The minimum atomic E-state index is -1.00. The quantitative estimate of drug-likeness (QED) is 0.518. The number of fused-ring (bicyclic) bond motifs is 1. The van der Waals surface area contributed by atoms with Gasteiger partial charge in [0.2, 0.25) is 0 Å². The van der Waals surface area contributed by atoms with E-state index in [1.165, 1.54) is 0 Å². The van der Waals surface area contributed by atoms with E-state index in [4.69, 9.17) is 4.74 Å². The molecule has 1 aromatic heterocycles. The molecule has 0 unspecified atom stereocenters. The van der Waals surface area contributed by atoms with Crippen LogP contribution in [0.4, 0.5) is 9.59 Å². The van der Waals surface area contributed by atoms with Gasteiger partial charge in [0.05, 0.1) is 11.0 Å². The van der Waals surface area contributed by atoms with Crippen LogP contribution in [0.15, 0.2) is 18.2 Å². The topological polar surface area (TPSA) is 78.4 Å². The monoisotopic (exact) mass is 295 g/mol. The molecule has 0 saturated heterocycles. The van der Waals surface area contributed by atoms with Gasteiger partial charge in [0, 0.05) is 0 Å². The molecule has 98 valence electrons. The number of ether oxygens (including phenoxy) is 2. The van der Waals surface area contributed by atoms with Gasteiger partial charge in [-0.05, 0) is 24.6 Å². The summed E-state index contributed by atoms with van der Waals surface area (Å²) in [4.78, 5) is 29.7. The molecule has 0 aliphatic carbocycles. The van der Waals surface area contributed by atoms with Crippen molar-refractivity contribution in [3.05, 3.63) is 23.8 Å². The van der Waals surface area contributed by atoms with Crippen molar-refractivity contribution in [3.63, 3.8) is 0 Å². The molecule has 0 fully saturated rings. The predicted molar refractivity (Wildman–Crippen MR) is 72.7 cm³/mol. The zero-order valence-corrected chi connectivity index (χ0v) is 11.3. The molecule has 0 aliphatic rings. The third-order valence-corrected chi connectivity index (χ3v) is 2.30. The standard InChI is InChI=1S/C11H8N2O4S2/c1-5-2-3-6-7(4-5)13-9(17-11(15)19)8(12-6)16-10(14)18/h2-4H,1H3,(H,14,18)(H,15,19)/p-1. The Morgan fingerprint density at radius 1 is 1.16 bits per heavy atom. The minimum Gasteiger partial charge on any atom is -0.697 e. The van der Waals surface area contributed by atoms with Gasteiger partial charge in [-0.25, -0.2) is 14.8 Å². The summed E-state index contributed by atoms with van der Waals surface area (Å²) < 4.78 is 9.40. The van der Waals surface area contributed by atoms with E-state index in [1.54, 1.807) is 12.1 Å². The molecule has 6 nitrogen and oxygen atoms in total. The van der Waals surface area contributed by atoms with Crippen molar-refractivity contribution in [2.24, 2.45) is 0 Å². The van der Waals surface area contributed by atoms with Crippen molar-refractivity contribution in [3.8, 4) is 11.8 Å². The molecule has 0 spiro atoms. The maximum atomic E-state index is 10.9. The van der Waals surface area contributed by atoms with Crippen molar-refractivity contribution < 1.29 is 19.1 Å². The average molecular weight is 295 g/mol. The summed E-state index contributed by atoms with van der Waals surface area (Å²) in [7, 11) is 0. The van der Waals surface area contributed by atoms with Crippen LogP contribution >= 0.6 is 12.6 Å². The van der Waals surface area contributed by atoms with Crippen molar-refractivity contribution in [1.82, 2.24) is 9.97 Å². The second kappa shape index (κ2) is 5.37. The Labute approximate surface area is 119 Å². The smallest absolute Gasteiger partial charge is 0.371 e. The van der Waals surface area contributed by atoms with Crippen molar-refractivity contribution >= 4 is 46.9 Å². The summed E-state index contributed by atoms with van der Waals surface area (Å²) in [6, 6.07) is 5.27. The number of rotatable bonds is 2. The summed E-state index contributed by atoms with van der Waals surface area (Å²) in [6.45, 7) is 1.88. The first kappa shape index (κ1) is 13.5. The van der Waals surface area contributed by atoms with Crippen LogP contribution in [0.5, 0.6) is 11.8 Å². The van der Waals surface area contributed by atoms with Gasteiger partial charge in [0.15, 0.2) is 5.30 Å². The van der Waals surface area contributed by atoms with E-state index in [-0.39, 0.29) is 11.8 Å². The molecule has 0 amide bonds. The maximum absolute atomic E-state index is 10.9. The van der Waals surface area contributed by atoms with Crippen LogP contribution < -0.4 is 9.47 Å². The molecule has 0 atom stereocenters. The minimum absolute atomic E-state index is 0.253. The van der Waals surface area contributed by atoms with Gasteiger partial charge in [0.1, 0.15) is 0 Å². The Kier molecular flexibility index (Phi) is 3.82. The first-order chi connectivity index (χ1) is 8.95. The van der Waals surface area contributed by atoms with Gasteiger partial charge in [0.25, 0.3) is 11.8 Å². The molecule has 2 rings (SSSR count). The number of carbonyl (C=O) groups is 2. The Balaban J connectivity index is 2.58. The van der Waals surface area contributed by atoms with Gasteiger partial charge in [-0.15, -0.1) is 0 Å². The number of aryl methyl sites for hydroxylation is 1. The van der Waals surface area contributed by atoms with Crippen LogP contribution in [0, 0.1) is 6.92 Å². The van der Waals surface area contributed by atoms with Crippen molar-refractivity contribution in [1.29, 1.82) is 0 Å². The number of benzene rings is 1. The molecule has 19 heavy (non-hydrogen) atoms. The van der Waals surface area contributed by atoms with Gasteiger partial charge in [-0.1, -0.05) is 18.7 Å². The first-order valence-corrected chi connectivity index (χ1v) is 5.89. The Morgan fingerprint density at radius 3 is 2.42 bits per heavy atom. The number of carbonyl (C=O) groups excluding carboxylic acids is 2. The molecule has 0 bridgehead atoms. The van der Waals surface area contributed by atoms with E-state index in [1.807, 2.05) is 13.0 Å². The number of hydrogen-bond acceptors (Lipinski definition) is 7. The normalized spacial score (nSPS) is 10.2. The molecule has 0 radical (unpaired) electrons. The summed E-state index contributed by atoms with van der Waals surface area (Å²) in [6.07, 6.45) is 0. The molecular weight excluding hydrogens is 288 g/mol. The zero-order chi connectivity index (χ0) is 14.0. The van der Waals surface area contributed by atoms with Crippen molar-refractivity contribution in [2.75, 3.05) is 0 Å². The van der Waals surface area contributed by atoms with E-state index in [0.29, 0.717) is 11.0 Å². The van der Waals surface area contributed by atoms with Crippen LogP contribution in [0.2, 0.25) is 0 Å². The fraction of sp³-hybridized carbons (Fsp3) is 0.0909. The summed E-state index contributed by atoms with van der Waals surface area (Å²) >= 11 is 7.76. The molecule has 2 aromatic rings. The third-order valence-electron chi connectivity index (χ3n) is 2.12. The van der Waals surface area contributed by atoms with Gasteiger partial charge >= 0.3 is 5.30 Å². The highest BCUT2D eigenvalue weighted by Crippen LogP contribution is 2.26. The highest BCUT2D eigenvalue weighted by Gasteiger charge is 2.14. The lowest BCUT2D eigenvalue weighted by molar-refractivity contribution is 0.214. The van der Waals surface area contributed by atoms with Crippen LogP contribution in [0.3, 0.4) is 0 Å². The third kappa shape index (κ3) is 3.30. The van der Waals surface area contributed by atoms with Gasteiger partial charge < -0.3 is 22.1 Å².